The van der Waals surface area contributed by atoms with Crippen LogP contribution in [0.5, 0.6) is 0 Å². The summed E-state index contributed by atoms with van der Waals surface area (Å²) in [6.07, 6.45) is 4.84. The summed E-state index contributed by atoms with van der Waals surface area (Å²) in [6.45, 7) is 6.75. The van der Waals surface area contributed by atoms with E-state index in [4.69, 9.17) is 4.74 Å². The molecule has 4 heterocycles. The molecule has 2 atom stereocenters. The lowest BCUT2D eigenvalue weighted by molar-refractivity contribution is -0.137. The molecule has 4 rings (SSSR count). The Morgan fingerprint density at radius 3 is 3.13 bits per heavy atom. The molecule has 1 amide bonds. The highest BCUT2D eigenvalue weighted by molar-refractivity contribution is 7.09. The topological polar surface area (TPSA) is 45.7 Å². The first-order chi connectivity index (χ1) is 11.1. The first kappa shape index (κ1) is 15.5. The lowest BCUT2D eigenvalue weighted by Crippen LogP contribution is -2.50. The zero-order chi connectivity index (χ0) is 15.9. The van der Waals surface area contributed by atoms with Crippen molar-refractivity contribution >= 4 is 17.2 Å². The maximum atomic E-state index is 12.1. The Kier molecular flexibility index (Phi) is 4.15. The largest absolute Gasteiger partial charge is 0.373 e. The minimum Gasteiger partial charge on any atom is -0.373 e. The molecule has 0 bridgehead atoms. The number of nitrogens with zero attached hydrogens (tertiary/aromatic N) is 3. The molecular formula is C17H25N3O2S. The number of likely N-dealkylation sites (tertiary alicyclic amines) is 2. The number of rotatable bonds is 3. The molecule has 3 aliphatic heterocycles. The van der Waals surface area contributed by atoms with E-state index in [0.29, 0.717) is 11.9 Å². The van der Waals surface area contributed by atoms with Crippen LogP contribution in [0, 0.1) is 6.92 Å². The van der Waals surface area contributed by atoms with Crippen LogP contribution < -0.4 is 0 Å². The van der Waals surface area contributed by atoms with Crippen molar-refractivity contribution < 1.29 is 9.53 Å². The van der Waals surface area contributed by atoms with Gasteiger partial charge in [-0.1, -0.05) is 0 Å². The molecule has 0 radical (unpaired) electrons. The average Bonchev–Trinajstić information content (AvgIpc) is 3.22. The van der Waals surface area contributed by atoms with Gasteiger partial charge in [0.2, 0.25) is 5.91 Å². The van der Waals surface area contributed by atoms with Crippen molar-refractivity contribution in [2.24, 2.45) is 0 Å². The molecule has 126 valence electrons. The van der Waals surface area contributed by atoms with E-state index in [1.54, 1.807) is 11.3 Å². The molecule has 0 aliphatic carbocycles. The summed E-state index contributed by atoms with van der Waals surface area (Å²) in [7, 11) is 0. The van der Waals surface area contributed by atoms with E-state index in [1.165, 1.54) is 5.69 Å². The molecule has 0 N–H and O–H groups in total. The minimum atomic E-state index is -0.0448. The van der Waals surface area contributed by atoms with E-state index in [0.717, 1.165) is 69.9 Å². The third kappa shape index (κ3) is 3.16. The fourth-order valence-electron chi connectivity index (χ4n) is 4.38. The van der Waals surface area contributed by atoms with Gasteiger partial charge in [0.15, 0.2) is 0 Å². The smallest absolute Gasteiger partial charge is 0.222 e. The molecule has 1 spiro atoms. The molecule has 3 aliphatic rings. The summed E-state index contributed by atoms with van der Waals surface area (Å²) in [5.74, 6) is 0.347. The molecule has 0 aromatic carbocycles. The van der Waals surface area contributed by atoms with Gasteiger partial charge in [0.05, 0.1) is 16.3 Å². The molecule has 5 nitrogen and oxygen atoms in total. The highest BCUT2D eigenvalue weighted by Gasteiger charge is 2.45. The van der Waals surface area contributed by atoms with E-state index >= 15 is 0 Å². The Labute approximate surface area is 141 Å². The van der Waals surface area contributed by atoms with Crippen molar-refractivity contribution in [1.82, 2.24) is 14.8 Å². The summed E-state index contributed by atoms with van der Waals surface area (Å²) < 4.78 is 6.23. The molecule has 23 heavy (non-hydrogen) atoms. The third-order valence-electron chi connectivity index (χ3n) is 5.47. The normalized spacial score (nSPS) is 32.3. The number of aromatic nitrogens is 1. The van der Waals surface area contributed by atoms with Gasteiger partial charge in [0.1, 0.15) is 0 Å². The third-order valence-corrected chi connectivity index (χ3v) is 6.29. The van der Waals surface area contributed by atoms with Crippen LogP contribution in [0.25, 0.3) is 0 Å². The van der Waals surface area contributed by atoms with Crippen molar-refractivity contribution in [2.45, 2.75) is 57.2 Å². The van der Waals surface area contributed by atoms with Crippen molar-refractivity contribution in [2.75, 3.05) is 26.2 Å². The van der Waals surface area contributed by atoms with Crippen molar-refractivity contribution in [1.29, 1.82) is 0 Å². The fraction of sp³-hybridized carbons (Fsp3) is 0.765. The number of carbonyl (C=O) groups excluding carboxylic acids is 1. The first-order valence-corrected chi connectivity index (χ1v) is 9.58. The second kappa shape index (κ2) is 6.15. The number of hydrogen-bond acceptors (Lipinski definition) is 5. The van der Waals surface area contributed by atoms with Crippen molar-refractivity contribution in [3.63, 3.8) is 0 Å². The van der Waals surface area contributed by atoms with Crippen LogP contribution in [0.3, 0.4) is 0 Å². The van der Waals surface area contributed by atoms with Crippen LogP contribution in [0.4, 0.5) is 0 Å². The van der Waals surface area contributed by atoms with Gasteiger partial charge in [-0.05, 0) is 32.6 Å². The fourth-order valence-corrected chi connectivity index (χ4v) is 4.98. The van der Waals surface area contributed by atoms with Gasteiger partial charge in [0.25, 0.3) is 0 Å². The zero-order valence-electron chi connectivity index (χ0n) is 13.8. The molecule has 3 fully saturated rings. The lowest BCUT2D eigenvalue weighted by atomic mass is 9.89. The van der Waals surface area contributed by atoms with E-state index in [9.17, 15) is 4.79 Å². The second-order valence-corrected chi connectivity index (χ2v) is 8.25. The van der Waals surface area contributed by atoms with Crippen LogP contribution in [0.1, 0.15) is 42.8 Å². The quantitative estimate of drug-likeness (QED) is 0.849. The Morgan fingerprint density at radius 1 is 1.48 bits per heavy atom. The maximum absolute atomic E-state index is 12.1. The Morgan fingerprint density at radius 2 is 2.39 bits per heavy atom. The molecule has 1 aromatic heterocycles. The van der Waals surface area contributed by atoms with Gasteiger partial charge in [-0.15, -0.1) is 11.3 Å². The number of carbonyl (C=O) groups is 1. The van der Waals surface area contributed by atoms with Crippen LogP contribution in [0.15, 0.2) is 5.38 Å². The van der Waals surface area contributed by atoms with Crippen LogP contribution in [-0.4, -0.2) is 58.6 Å². The standard InChI is InChI=1S/C17H25N3O2S/c1-13-18-14(11-23-13)10-19-7-5-17(12-19)9-15(4-8-22-17)20-6-2-3-16(20)21/h11,15H,2-10,12H2,1H3/t15-,17-/m1/s1. The molecule has 6 heteroatoms. The zero-order valence-corrected chi connectivity index (χ0v) is 14.6. The summed E-state index contributed by atoms with van der Waals surface area (Å²) in [4.78, 5) is 21.2. The number of ether oxygens (including phenoxy) is 1. The van der Waals surface area contributed by atoms with Gasteiger partial charge in [-0.3, -0.25) is 9.69 Å². The van der Waals surface area contributed by atoms with Gasteiger partial charge in [0, 0.05) is 50.6 Å². The van der Waals surface area contributed by atoms with Gasteiger partial charge < -0.3 is 9.64 Å². The highest BCUT2D eigenvalue weighted by Crippen LogP contribution is 2.37. The van der Waals surface area contributed by atoms with Crippen LogP contribution in [-0.2, 0) is 16.1 Å². The molecule has 0 saturated carbocycles. The summed E-state index contributed by atoms with van der Waals surface area (Å²) >= 11 is 1.72. The van der Waals surface area contributed by atoms with E-state index < -0.39 is 0 Å². The molecule has 0 unspecified atom stereocenters. The molecule has 3 saturated heterocycles. The van der Waals surface area contributed by atoms with E-state index in [2.05, 4.69) is 27.1 Å². The van der Waals surface area contributed by atoms with Gasteiger partial charge in [-0.2, -0.15) is 0 Å². The maximum Gasteiger partial charge on any atom is 0.222 e. The van der Waals surface area contributed by atoms with Crippen LogP contribution >= 0.6 is 11.3 Å². The molecule has 1 aromatic rings. The van der Waals surface area contributed by atoms with E-state index in [-0.39, 0.29) is 5.60 Å². The Hall–Kier alpha value is -0.980. The molecular weight excluding hydrogens is 310 g/mol. The number of thiazole rings is 1. The van der Waals surface area contributed by atoms with Gasteiger partial charge >= 0.3 is 0 Å². The first-order valence-electron chi connectivity index (χ1n) is 8.70. The predicted octanol–water partition coefficient (Wildman–Crippen LogP) is 2.20. The highest BCUT2D eigenvalue weighted by atomic mass is 32.1. The average molecular weight is 335 g/mol. The summed E-state index contributed by atoms with van der Waals surface area (Å²) in [6, 6.07) is 0.389. The van der Waals surface area contributed by atoms with Crippen LogP contribution in [0.2, 0.25) is 0 Å². The monoisotopic (exact) mass is 335 g/mol. The lowest BCUT2D eigenvalue weighted by Gasteiger charge is -2.41. The van der Waals surface area contributed by atoms with Crippen molar-refractivity contribution in [3.8, 4) is 0 Å². The number of amides is 1. The second-order valence-electron chi connectivity index (χ2n) is 7.19. The minimum absolute atomic E-state index is 0.0448. The Balaban J connectivity index is 1.39. The summed E-state index contributed by atoms with van der Waals surface area (Å²) in [5, 5.41) is 3.30. The predicted molar refractivity (Wildman–Crippen MR) is 89.4 cm³/mol. The summed E-state index contributed by atoms with van der Waals surface area (Å²) in [5.41, 5.74) is 1.13. The number of aryl methyl sites for hydroxylation is 1. The van der Waals surface area contributed by atoms with Gasteiger partial charge in [-0.25, -0.2) is 4.98 Å². The van der Waals surface area contributed by atoms with E-state index in [1.807, 2.05) is 0 Å². The van der Waals surface area contributed by atoms with Crippen molar-refractivity contribution in [3.05, 3.63) is 16.1 Å². The number of hydrogen-bond donors (Lipinski definition) is 0. The Bertz CT molecular complexity index is 590. The SMILES string of the molecule is Cc1nc(CN2CC[C@@]3(C[C@H](N4CCCC4=O)CCO3)C2)cs1.